The molecule has 2 heterocycles. The van der Waals surface area contributed by atoms with Gasteiger partial charge in [-0.15, -0.1) is 0 Å². The molecule has 2 saturated heterocycles. The standard InChI is InChI=1S/C19H32N2O2/c1-14-12-21(13-18(14)20-7-9-23-10-8-20)19(22)17-11-16(17)15-5-3-2-4-6-15/h14-18H,2-13H2,1H3/t14-,16+,17-,18-/m1/s1. The van der Waals surface area contributed by atoms with Gasteiger partial charge in [0.05, 0.1) is 13.2 Å². The van der Waals surface area contributed by atoms with Gasteiger partial charge in [0.2, 0.25) is 5.91 Å². The van der Waals surface area contributed by atoms with Gasteiger partial charge < -0.3 is 9.64 Å². The van der Waals surface area contributed by atoms with Gasteiger partial charge in [0.25, 0.3) is 0 Å². The molecule has 0 aromatic carbocycles. The minimum absolute atomic E-state index is 0.369. The van der Waals surface area contributed by atoms with E-state index >= 15 is 0 Å². The number of hydrogen-bond donors (Lipinski definition) is 0. The number of hydrogen-bond acceptors (Lipinski definition) is 3. The van der Waals surface area contributed by atoms with Crippen molar-refractivity contribution >= 4 is 5.91 Å². The van der Waals surface area contributed by atoms with Crippen molar-refractivity contribution in [2.24, 2.45) is 23.7 Å². The van der Waals surface area contributed by atoms with Gasteiger partial charge in [-0.25, -0.2) is 0 Å². The first-order chi connectivity index (χ1) is 11.2. The van der Waals surface area contributed by atoms with Crippen LogP contribution in [-0.4, -0.2) is 61.1 Å². The van der Waals surface area contributed by atoms with Crippen LogP contribution in [0.25, 0.3) is 0 Å². The summed E-state index contributed by atoms with van der Waals surface area (Å²) in [4.78, 5) is 17.7. The molecule has 130 valence electrons. The summed E-state index contributed by atoms with van der Waals surface area (Å²) < 4.78 is 5.48. The largest absolute Gasteiger partial charge is 0.379 e. The van der Waals surface area contributed by atoms with E-state index in [0.717, 1.165) is 51.2 Å². The molecule has 4 aliphatic rings. The third-order valence-corrected chi connectivity index (χ3v) is 6.81. The van der Waals surface area contributed by atoms with Gasteiger partial charge >= 0.3 is 0 Å². The predicted molar refractivity (Wildman–Crippen MR) is 90.1 cm³/mol. The van der Waals surface area contributed by atoms with Gasteiger partial charge in [-0.05, 0) is 24.2 Å². The lowest BCUT2D eigenvalue weighted by Crippen LogP contribution is -2.47. The minimum Gasteiger partial charge on any atom is -0.379 e. The Labute approximate surface area is 140 Å². The molecule has 0 N–H and O–H groups in total. The zero-order chi connectivity index (χ0) is 15.8. The molecule has 4 fully saturated rings. The normalized spacial score (nSPS) is 39.6. The summed E-state index contributed by atoms with van der Waals surface area (Å²) in [5.74, 6) is 3.02. The summed E-state index contributed by atoms with van der Waals surface area (Å²) in [5.41, 5.74) is 0. The van der Waals surface area contributed by atoms with E-state index in [-0.39, 0.29) is 0 Å². The Balaban J connectivity index is 1.31. The van der Waals surface area contributed by atoms with Gasteiger partial charge in [0.15, 0.2) is 0 Å². The van der Waals surface area contributed by atoms with Crippen LogP contribution in [0.3, 0.4) is 0 Å². The Kier molecular flexibility index (Phi) is 4.64. The first kappa shape index (κ1) is 15.9. The lowest BCUT2D eigenvalue weighted by molar-refractivity contribution is -0.132. The number of nitrogens with zero attached hydrogens (tertiary/aromatic N) is 2. The summed E-state index contributed by atoms with van der Waals surface area (Å²) in [6, 6.07) is 0.551. The first-order valence-electron chi connectivity index (χ1n) is 9.84. The van der Waals surface area contributed by atoms with Crippen molar-refractivity contribution in [3.63, 3.8) is 0 Å². The van der Waals surface area contributed by atoms with E-state index in [9.17, 15) is 4.79 Å². The van der Waals surface area contributed by atoms with Gasteiger partial charge in [0, 0.05) is 38.1 Å². The molecular formula is C19H32N2O2. The maximum Gasteiger partial charge on any atom is 0.226 e. The van der Waals surface area contributed by atoms with Crippen LogP contribution in [0.5, 0.6) is 0 Å². The highest BCUT2D eigenvalue weighted by molar-refractivity contribution is 5.82. The summed E-state index contributed by atoms with van der Waals surface area (Å²) in [6.07, 6.45) is 8.12. The van der Waals surface area contributed by atoms with E-state index in [1.54, 1.807) is 0 Å². The molecule has 2 aliphatic heterocycles. The fraction of sp³-hybridized carbons (Fsp3) is 0.947. The van der Waals surface area contributed by atoms with Crippen LogP contribution in [-0.2, 0) is 9.53 Å². The van der Waals surface area contributed by atoms with Crippen LogP contribution >= 0.6 is 0 Å². The molecule has 4 atom stereocenters. The van der Waals surface area contributed by atoms with E-state index in [1.165, 1.54) is 38.5 Å². The van der Waals surface area contributed by atoms with E-state index in [1.807, 2.05) is 0 Å². The summed E-state index contributed by atoms with van der Waals surface area (Å²) in [6.45, 7) is 8.00. The van der Waals surface area contributed by atoms with Crippen LogP contribution in [0.15, 0.2) is 0 Å². The Morgan fingerprint density at radius 1 is 1.04 bits per heavy atom. The van der Waals surface area contributed by atoms with Crippen molar-refractivity contribution in [2.45, 2.75) is 51.5 Å². The predicted octanol–water partition coefficient (Wildman–Crippen LogP) is 2.38. The van der Waals surface area contributed by atoms with Gasteiger partial charge in [-0.2, -0.15) is 0 Å². The minimum atomic E-state index is 0.369. The Morgan fingerprint density at radius 3 is 2.52 bits per heavy atom. The fourth-order valence-corrected chi connectivity index (χ4v) is 5.33. The highest BCUT2D eigenvalue weighted by atomic mass is 16.5. The number of amides is 1. The van der Waals surface area contributed by atoms with Gasteiger partial charge in [-0.1, -0.05) is 39.0 Å². The monoisotopic (exact) mass is 320 g/mol. The fourth-order valence-electron chi connectivity index (χ4n) is 5.33. The SMILES string of the molecule is C[C@@H]1CN(C(=O)[C@@H]2C[C@H]2C2CCCCC2)C[C@H]1N1CCOCC1. The van der Waals surface area contributed by atoms with E-state index in [2.05, 4.69) is 16.7 Å². The van der Waals surface area contributed by atoms with Crippen LogP contribution in [0.1, 0.15) is 45.4 Å². The lowest BCUT2D eigenvalue weighted by Gasteiger charge is -2.34. The lowest BCUT2D eigenvalue weighted by atomic mass is 9.85. The first-order valence-corrected chi connectivity index (χ1v) is 9.84. The molecule has 0 radical (unpaired) electrons. The molecular weight excluding hydrogens is 288 g/mol. The zero-order valence-corrected chi connectivity index (χ0v) is 14.6. The third kappa shape index (κ3) is 3.30. The van der Waals surface area contributed by atoms with Crippen molar-refractivity contribution in [1.29, 1.82) is 0 Å². The average molecular weight is 320 g/mol. The Morgan fingerprint density at radius 2 is 1.78 bits per heavy atom. The molecule has 0 spiro atoms. The van der Waals surface area contributed by atoms with Crippen molar-refractivity contribution in [3.8, 4) is 0 Å². The maximum absolute atomic E-state index is 12.9. The topological polar surface area (TPSA) is 32.8 Å². The number of ether oxygens (including phenoxy) is 1. The highest BCUT2D eigenvalue weighted by Gasteiger charge is 2.50. The molecule has 0 aromatic rings. The van der Waals surface area contributed by atoms with Crippen LogP contribution in [0.2, 0.25) is 0 Å². The smallest absolute Gasteiger partial charge is 0.226 e. The molecule has 0 unspecified atom stereocenters. The Hall–Kier alpha value is -0.610. The number of rotatable bonds is 3. The summed E-state index contributed by atoms with van der Waals surface area (Å²) >= 11 is 0. The second kappa shape index (κ2) is 6.72. The second-order valence-corrected chi connectivity index (χ2v) is 8.34. The van der Waals surface area contributed by atoms with E-state index < -0.39 is 0 Å². The third-order valence-electron chi connectivity index (χ3n) is 6.81. The van der Waals surface area contributed by atoms with Crippen molar-refractivity contribution < 1.29 is 9.53 Å². The summed E-state index contributed by atoms with van der Waals surface area (Å²) in [5, 5.41) is 0. The average Bonchev–Trinajstić information content (AvgIpc) is 3.31. The van der Waals surface area contributed by atoms with Crippen LogP contribution in [0, 0.1) is 23.7 Å². The molecule has 2 saturated carbocycles. The molecule has 0 bridgehead atoms. The van der Waals surface area contributed by atoms with Crippen molar-refractivity contribution in [2.75, 3.05) is 39.4 Å². The second-order valence-electron chi connectivity index (χ2n) is 8.34. The maximum atomic E-state index is 12.9. The number of likely N-dealkylation sites (tertiary alicyclic amines) is 1. The molecule has 4 heteroatoms. The number of carbonyl (C=O) groups excluding carboxylic acids is 1. The molecule has 0 aromatic heterocycles. The van der Waals surface area contributed by atoms with Gasteiger partial charge in [0.1, 0.15) is 0 Å². The molecule has 4 nitrogen and oxygen atoms in total. The van der Waals surface area contributed by atoms with Crippen molar-refractivity contribution in [3.05, 3.63) is 0 Å². The quantitative estimate of drug-likeness (QED) is 0.800. The number of carbonyl (C=O) groups is 1. The van der Waals surface area contributed by atoms with Gasteiger partial charge in [-0.3, -0.25) is 9.69 Å². The van der Waals surface area contributed by atoms with Crippen molar-refractivity contribution in [1.82, 2.24) is 9.80 Å². The zero-order valence-electron chi connectivity index (χ0n) is 14.6. The molecule has 4 rings (SSSR count). The molecule has 1 amide bonds. The molecule has 2 aliphatic carbocycles. The van der Waals surface area contributed by atoms with Crippen LogP contribution in [0.4, 0.5) is 0 Å². The number of morpholine rings is 1. The Bertz CT molecular complexity index is 429. The molecule has 23 heavy (non-hydrogen) atoms. The van der Waals surface area contributed by atoms with E-state index in [0.29, 0.717) is 23.8 Å². The highest BCUT2D eigenvalue weighted by Crippen LogP contribution is 2.50. The van der Waals surface area contributed by atoms with E-state index in [4.69, 9.17) is 4.74 Å². The van der Waals surface area contributed by atoms with Crippen LogP contribution < -0.4 is 0 Å². The summed E-state index contributed by atoms with van der Waals surface area (Å²) in [7, 11) is 0.